The first-order valence-corrected chi connectivity index (χ1v) is 6.66. The third-order valence-corrected chi connectivity index (χ3v) is 3.60. The molecule has 2 heterocycles. The molecule has 21 heavy (non-hydrogen) atoms. The summed E-state index contributed by atoms with van der Waals surface area (Å²) < 4.78 is 11.1. The Balaban J connectivity index is 1.64. The number of nitrogens with one attached hydrogen (secondary N) is 1. The Labute approximate surface area is 120 Å². The number of carbonyl (C=O) groups excluding carboxylic acids is 1. The number of hydrogen-bond acceptors (Lipinski definition) is 5. The summed E-state index contributed by atoms with van der Waals surface area (Å²) in [6, 6.07) is 5.53. The summed E-state index contributed by atoms with van der Waals surface area (Å²) in [6.45, 7) is 1.98. The van der Waals surface area contributed by atoms with Gasteiger partial charge in [0.2, 0.25) is 0 Å². The van der Waals surface area contributed by atoms with Crippen LogP contribution >= 0.6 is 0 Å². The maximum Gasteiger partial charge on any atom is 0.322 e. The number of hydrogen-bond donors (Lipinski definition) is 1. The van der Waals surface area contributed by atoms with Gasteiger partial charge in [0.1, 0.15) is 0 Å². The van der Waals surface area contributed by atoms with Gasteiger partial charge < -0.3 is 19.7 Å². The Bertz CT molecular complexity index is 571. The van der Waals surface area contributed by atoms with E-state index in [-0.39, 0.29) is 11.7 Å². The van der Waals surface area contributed by atoms with E-state index in [1.54, 1.807) is 11.0 Å². The number of non-ortho nitro benzene ring substituents is 1. The lowest BCUT2D eigenvalue weighted by Gasteiger charge is -2.22. The van der Waals surface area contributed by atoms with Crippen LogP contribution in [0, 0.1) is 10.1 Å². The lowest BCUT2D eigenvalue weighted by Crippen LogP contribution is -2.38. The Morgan fingerprint density at radius 1 is 1.38 bits per heavy atom. The van der Waals surface area contributed by atoms with Crippen LogP contribution in [-0.4, -0.2) is 47.9 Å². The van der Waals surface area contributed by atoms with Gasteiger partial charge in [0, 0.05) is 30.8 Å². The van der Waals surface area contributed by atoms with Crippen LogP contribution in [0.5, 0.6) is 0 Å². The van der Waals surface area contributed by atoms with E-state index in [0.29, 0.717) is 38.4 Å². The molecule has 112 valence electrons. The van der Waals surface area contributed by atoms with Gasteiger partial charge in [-0.2, -0.15) is 0 Å². The van der Waals surface area contributed by atoms with Crippen molar-refractivity contribution in [3.05, 3.63) is 34.4 Å². The molecule has 0 aliphatic carbocycles. The first-order valence-electron chi connectivity index (χ1n) is 6.66. The quantitative estimate of drug-likeness (QED) is 0.660. The fraction of sp³-hybridized carbons (Fsp3) is 0.462. The summed E-state index contributed by atoms with van der Waals surface area (Å²) >= 11 is 0. The summed E-state index contributed by atoms with van der Waals surface area (Å²) in [7, 11) is 0. The van der Waals surface area contributed by atoms with Crippen LogP contribution in [0.25, 0.3) is 0 Å². The van der Waals surface area contributed by atoms with Crippen molar-refractivity contribution in [1.82, 2.24) is 4.90 Å². The average Bonchev–Trinajstić information content (AvgIpc) is 3.10. The minimum Gasteiger partial charge on any atom is -0.346 e. The SMILES string of the molecule is O=C(Nc1cccc([N+](=O)[O-])c1)N1CCC2(C1)OCCO2. The van der Waals surface area contributed by atoms with Gasteiger partial charge in [0.25, 0.3) is 5.69 Å². The smallest absolute Gasteiger partial charge is 0.322 e. The van der Waals surface area contributed by atoms with Crippen molar-refractivity contribution in [3.63, 3.8) is 0 Å². The molecule has 0 atom stereocenters. The molecule has 2 amide bonds. The number of nitrogens with zero attached hydrogens (tertiary/aromatic N) is 2. The molecule has 2 fully saturated rings. The lowest BCUT2D eigenvalue weighted by atomic mass is 10.2. The number of rotatable bonds is 2. The summed E-state index contributed by atoms with van der Waals surface area (Å²) in [5.74, 6) is -0.667. The van der Waals surface area contributed by atoms with Gasteiger partial charge in [0.05, 0.1) is 24.7 Å². The van der Waals surface area contributed by atoms with E-state index in [4.69, 9.17) is 9.47 Å². The standard InChI is InChI=1S/C13H15N3O5/c17-12(14-10-2-1-3-11(8-10)16(18)19)15-5-4-13(9-15)20-6-7-21-13/h1-3,8H,4-7,9H2,(H,14,17). The number of anilines is 1. The van der Waals surface area contributed by atoms with Crippen LogP contribution < -0.4 is 5.32 Å². The van der Waals surface area contributed by atoms with Crippen LogP contribution in [0.15, 0.2) is 24.3 Å². The minimum absolute atomic E-state index is 0.0619. The van der Waals surface area contributed by atoms with E-state index in [1.807, 2.05) is 0 Å². The summed E-state index contributed by atoms with van der Waals surface area (Å²) in [5, 5.41) is 13.4. The number of ether oxygens (including phenoxy) is 2. The zero-order valence-electron chi connectivity index (χ0n) is 11.3. The molecule has 8 nitrogen and oxygen atoms in total. The van der Waals surface area contributed by atoms with Crippen molar-refractivity contribution < 1.29 is 19.2 Å². The van der Waals surface area contributed by atoms with Crippen LogP contribution in [0.2, 0.25) is 0 Å². The molecule has 0 bridgehead atoms. The average molecular weight is 293 g/mol. The van der Waals surface area contributed by atoms with E-state index in [0.717, 1.165) is 0 Å². The molecule has 2 saturated heterocycles. The minimum atomic E-state index is -0.667. The predicted octanol–water partition coefficient (Wildman–Crippen LogP) is 1.58. The van der Waals surface area contributed by atoms with Crippen molar-refractivity contribution in [1.29, 1.82) is 0 Å². The number of urea groups is 1. The molecular formula is C13H15N3O5. The zero-order chi connectivity index (χ0) is 14.9. The zero-order valence-corrected chi connectivity index (χ0v) is 11.3. The van der Waals surface area contributed by atoms with E-state index < -0.39 is 10.7 Å². The van der Waals surface area contributed by atoms with E-state index >= 15 is 0 Å². The highest BCUT2D eigenvalue weighted by atomic mass is 16.7. The number of nitro benzene ring substituents is 1. The second-order valence-corrected chi connectivity index (χ2v) is 5.02. The number of nitro groups is 1. The molecule has 1 spiro atoms. The van der Waals surface area contributed by atoms with Crippen LogP contribution in [0.4, 0.5) is 16.2 Å². The van der Waals surface area contributed by atoms with Gasteiger partial charge in [-0.15, -0.1) is 0 Å². The normalized spacial score (nSPS) is 19.9. The number of carbonyl (C=O) groups is 1. The second-order valence-electron chi connectivity index (χ2n) is 5.02. The summed E-state index contributed by atoms with van der Waals surface area (Å²) in [4.78, 5) is 24.0. The molecular weight excluding hydrogens is 278 g/mol. The predicted molar refractivity (Wildman–Crippen MR) is 72.9 cm³/mol. The number of amides is 2. The molecule has 0 saturated carbocycles. The van der Waals surface area contributed by atoms with Gasteiger partial charge in [-0.05, 0) is 6.07 Å². The highest BCUT2D eigenvalue weighted by Crippen LogP contribution is 2.30. The molecule has 0 aromatic heterocycles. The molecule has 2 aliphatic rings. The Morgan fingerprint density at radius 2 is 2.14 bits per heavy atom. The van der Waals surface area contributed by atoms with Crippen LogP contribution in [0.1, 0.15) is 6.42 Å². The van der Waals surface area contributed by atoms with Crippen molar-refractivity contribution in [2.75, 3.05) is 31.6 Å². The maximum atomic E-state index is 12.2. The van der Waals surface area contributed by atoms with Crippen molar-refractivity contribution in [2.24, 2.45) is 0 Å². The molecule has 1 aromatic carbocycles. The molecule has 0 unspecified atom stereocenters. The summed E-state index contributed by atoms with van der Waals surface area (Å²) in [5.41, 5.74) is 0.330. The number of likely N-dealkylation sites (tertiary alicyclic amines) is 1. The highest BCUT2D eigenvalue weighted by Gasteiger charge is 2.44. The largest absolute Gasteiger partial charge is 0.346 e. The van der Waals surface area contributed by atoms with Gasteiger partial charge in [-0.25, -0.2) is 4.79 Å². The third kappa shape index (κ3) is 2.81. The molecule has 0 radical (unpaired) electrons. The monoisotopic (exact) mass is 293 g/mol. The van der Waals surface area contributed by atoms with Crippen LogP contribution in [-0.2, 0) is 9.47 Å². The maximum absolute atomic E-state index is 12.2. The Hall–Kier alpha value is -2.19. The highest BCUT2D eigenvalue weighted by molar-refractivity contribution is 5.89. The fourth-order valence-electron chi connectivity index (χ4n) is 2.56. The van der Waals surface area contributed by atoms with Gasteiger partial charge in [0.15, 0.2) is 5.79 Å². The van der Waals surface area contributed by atoms with Gasteiger partial charge in [-0.1, -0.05) is 6.07 Å². The lowest BCUT2D eigenvalue weighted by molar-refractivity contribution is -0.384. The molecule has 3 rings (SSSR count). The first-order chi connectivity index (χ1) is 10.1. The van der Waals surface area contributed by atoms with Gasteiger partial charge in [-0.3, -0.25) is 10.1 Å². The van der Waals surface area contributed by atoms with Crippen LogP contribution in [0.3, 0.4) is 0 Å². The van der Waals surface area contributed by atoms with Crippen molar-refractivity contribution in [2.45, 2.75) is 12.2 Å². The second kappa shape index (κ2) is 5.30. The van der Waals surface area contributed by atoms with Crippen molar-refractivity contribution >= 4 is 17.4 Å². The topological polar surface area (TPSA) is 93.9 Å². The fourth-order valence-corrected chi connectivity index (χ4v) is 2.56. The Kier molecular flexibility index (Phi) is 3.48. The number of benzene rings is 1. The van der Waals surface area contributed by atoms with E-state index in [9.17, 15) is 14.9 Å². The molecule has 1 N–H and O–H groups in total. The molecule has 8 heteroatoms. The van der Waals surface area contributed by atoms with Crippen molar-refractivity contribution in [3.8, 4) is 0 Å². The third-order valence-electron chi connectivity index (χ3n) is 3.60. The summed E-state index contributed by atoms with van der Waals surface area (Å²) in [6.07, 6.45) is 0.634. The first kappa shape index (κ1) is 13.8. The van der Waals surface area contributed by atoms with E-state index in [2.05, 4.69) is 5.32 Å². The Morgan fingerprint density at radius 3 is 2.86 bits per heavy atom. The van der Waals surface area contributed by atoms with E-state index in [1.165, 1.54) is 18.2 Å². The van der Waals surface area contributed by atoms with Gasteiger partial charge >= 0.3 is 6.03 Å². The molecule has 2 aliphatic heterocycles. The molecule has 1 aromatic rings.